The van der Waals surface area contributed by atoms with E-state index in [4.69, 9.17) is 8.92 Å². The topological polar surface area (TPSA) is 52.6 Å². The van der Waals surface area contributed by atoms with Crippen LogP contribution in [-0.2, 0) is 10.1 Å². The molecule has 2 aromatic carbocycles. The second-order valence-electron chi connectivity index (χ2n) is 4.91. The molecule has 0 aliphatic carbocycles. The lowest BCUT2D eigenvalue weighted by Gasteiger charge is -2.12. The third-order valence-electron chi connectivity index (χ3n) is 3.33. The third-order valence-corrected chi connectivity index (χ3v) is 4.72. The van der Waals surface area contributed by atoms with Crippen molar-refractivity contribution in [1.29, 1.82) is 0 Å². The van der Waals surface area contributed by atoms with Crippen molar-refractivity contribution in [3.8, 4) is 11.5 Å². The standard InChI is InChI=1S/C16H18O4S/c1-11-9-13(3)16(10-12(11)2)21(17,18)20-15-7-5-14(19-4)6-8-15/h5-10H,1-4H3. The van der Waals surface area contributed by atoms with Crippen LogP contribution >= 0.6 is 0 Å². The summed E-state index contributed by atoms with van der Waals surface area (Å²) in [5.41, 5.74) is 2.64. The van der Waals surface area contributed by atoms with Crippen LogP contribution in [0.2, 0.25) is 0 Å². The molecule has 0 saturated heterocycles. The molecule has 2 aromatic rings. The van der Waals surface area contributed by atoms with Crippen molar-refractivity contribution in [2.75, 3.05) is 7.11 Å². The maximum Gasteiger partial charge on any atom is 0.339 e. The van der Waals surface area contributed by atoms with Crippen molar-refractivity contribution in [2.24, 2.45) is 0 Å². The van der Waals surface area contributed by atoms with Gasteiger partial charge in [-0.05, 0) is 67.8 Å². The Hall–Kier alpha value is -2.01. The van der Waals surface area contributed by atoms with Crippen LogP contribution < -0.4 is 8.92 Å². The number of methoxy groups -OCH3 is 1. The Bertz CT molecular complexity index is 747. The van der Waals surface area contributed by atoms with Gasteiger partial charge >= 0.3 is 10.1 Å². The Morgan fingerprint density at radius 2 is 1.33 bits per heavy atom. The van der Waals surface area contributed by atoms with Crippen LogP contribution in [0.5, 0.6) is 11.5 Å². The predicted octanol–water partition coefficient (Wildman–Crippen LogP) is 3.39. The summed E-state index contributed by atoms with van der Waals surface area (Å²) >= 11 is 0. The summed E-state index contributed by atoms with van der Waals surface area (Å²) in [7, 11) is -2.30. The summed E-state index contributed by atoms with van der Waals surface area (Å²) < 4.78 is 35.0. The van der Waals surface area contributed by atoms with Crippen molar-refractivity contribution >= 4 is 10.1 Å². The number of hydrogen-bond donors (Lipinski definition) is 0. The van der Waals surface area contributed by atoms with E-state index in [0.29, 0.717) is 11.3 Å². The van der Waals surface area contributed by atoms with E-state index in [-0.39, 0.29) is 10.6 Å². The van der Waals surface area contributed by atoms with Crippen molar-refractivity contribution in [3.63, 3.8) is 0 Å². The number of ether oxygens (including phenoxy) is 1. The Balaban J connectivity index is 2.35. The number of hydrogen-bond acceptors (Lipinski definition) is 4. The van der Waals surface area contributed by atoms with Gasteiger partial charge in [-0.1, -0.05) is 6.07 Å². The van der Waals surface area contributed by atoms with Gasteiger partial charge in [0.05, 0.1) is 7.11 Å². The SMILES string of the molecule is COc1ccc(OS(=O)(=O)c2cc(C)c(C)cc2C)cc1. The summed E-state index contributed by atoms with van der Waals surface area (Å²) in [4.78, 5) is 0.196. The zero-order valence-electron chi connectivity index (χ0n) is 12.5. The van der Waals surface area contributed by atoms with Crippen molar-refractivity contribution in [2.45, 2.75) is 25.7 Å². The first-order chi connectivity index (χ1) is 9.83. The summed E-state index contributed by atoms with van der Waals surface area (Å²) in [5.74, 6) is 0.899. The Morgan fingerprint density at radius 3 is 1.90 bits per heavy atom. The maximum atomic E-state index is 12.4. The van der Waals surface area contributed by atoms with Gasteiger partial charge in [-0.3, -0.25) is 0 Å². The maximum absolute atomic E-state index is 12.4. The molecular formula is C16H18O4S. The van der Waals surface area contributed by atoms with Crippen LogP contribution in [0.4, 0.5) is 0 Å². The Kier molecular flexibility index (Phi) is 4.23. The lowest BCUT2D eigenvalue weighted by Crippen LogP contribution is -2.12. The number of benzene rings is 2. The molecule has 21 heavy (non-hydrogen) atoms. The number of aryl methyl sites for hydroxylation is 3. The van der Waals surface area contributed by atoms with Gasteiger partial charge in [-0.15, -0.1) is 0 Å². The van der Waals surface area contributed by atoms with E-state index in [1.807, 2.05) is 19.9 Å². The lowest BCUT2D eigenvalue weighted by molar-refractivity contribution is 0.413. The molecule has 112 valence electrons. The molecule has 0 saturated carbocycles. The van der Waals surface area contributed by atoms with E-state index in [1.165, 1.54) is 0 Å². The monoisotopic (exact) mass is 306 g/mol. The first kappa shape index (κ1) is 15.4. The van der Waals surface area contributed by atoms with Gasteiger partial charge in [-0.25, -0.2) is 0 Å². The van der Waals surface area contributed by atoms with E-state index < -0.39 is 10.1 Å². The molecule has 0 heterocycles. The minimum atomic E-state index is -3.84. The number of rotatable bonds is 4. The highest BCUT2D eigenvalue weighted by molar-refractivity contribution is 7.87. The van der Waals surface area contributed by atoms with Crippen LogP contribution in [0.15, 0.2) is 41.3 Å². The molecule has 5 heteroatoms. The highest BCUT2D eigenvalue weighted by Gasteiger charge is 2.20. The largest absolute Gasteiger partial charge is 0.497 e. The molecule has 2 rings (SSSR count). The third kappa shape index (κ3) is 3.36. The van der Waals surface area contributed by atoms with Gasteiger partial charge in [-0.2, -0.15) is 8.42 Å². The fourth-order valence-corrected chi connectivity index (χ4v) is 3.23. The summed E-state index contributed by atoms with van der Waals surface area (Å²) in [6.07, 6.45) is 0. The van der Waals surface area contributed by atoms with E-state index in [2.05, 4.69) is 0 Å². The first-order valence-electron chi connectivity index (χ1n) is 6.50. The van der Waals surface area contributed by atoms with Gasteiger partial charge < -0.3 is 8.92 Å². The highest BCUT2D eigenvalue weighted by Crippen LogP contribution is 2.25. The van der Waals surface area contributed by atoms with E-state index in [1.54, 1.807) is 44.4 Å². The van der Waals surface area contributed by atoms with Gasteiger partial charge in [0.1, 0.15) is 16.4 Å². The smallest absolute Gasteiger partial charge is 0.339 e. The average Bonchev–Trinajstić information content (AvgIpc) is 2.43. The molecule has 0 bridgehead atoms. The molecule has 0 aromatic heterocycles. The summed E-state index contributed by atoms with van der Waals surface area (Å²) in [5, 5.41) is 0. The molecule has 0 radical (unpaired) electrons. The van der Waals surface area contributed by atoms with Crippen LogP contribution in [0, 0.1) is 20.8 Å². The van der Waals surface area contributed by atoms with Crippen molar-refractivity contribution in [1.82, 2.24) is 0 Å². The zero-order valence-corrected chi connectivity index (χ0v) is 13.3. The van der Waals surface area contributed by atoms with E-state index >= 15 is 0 Å². The van der Waals surface area contributed by atoms with Crippen molar-refractivity contribution < 1.29 is 17.3 Å². The van der Waals surface area contributed by atoms with Gasteiger partial charge in [0, 0.05) is 0 Å². The molecule has 0 fully saturated rings. The average molecular weight is 306 g/mol. The molecule has 0 N–H and O–H groups in total. The highest BCUT2D eigenvalue weighted by atomic mass is 32.2. The predicted molar refractivity (Wildman–Crippen MR) is 81.5 cm³/mol. The van der Waals surface area contributed by atoms with Crippen LogP contribution in [-0.4, -0.2) is 15.5 Å². The Labute approximate surface area is 125 Å². The summed E-state index contributed by atoms with van der Waals surface area (Å²) in [6.45, 7) is 5.58. The second kappa shape index (κ2) is 5.77. The molecule has 0 unspecified atom stereocenters. The fraction of sp³-hybridized carbons (Fsp3) is 0.250. The molecule has 0 aliphatic heterocycles. The quantitative estimate of drug-likeness (QED) is 0.813. The molecule has 4 nitrogen and oxygen atoms in total. The van der Waals surface area contributed by atoms with Crippen molar-refractivity contribution in [3.05, 3.63) is 53.1 Å². The zero-order chi connectivity index (χ0) is 15.6. The minimum absolute atomic E-state index is 0.196. The summed E-state index contributed by atoms with van der Waals surface area (Å²) in [6, 6.07) is 9.92. The van der Waals surface area contributed by atoms with E-state index in [9.17, 15) is 8.42 Å². The first-order valence-corrected chi connectivity index (χ1v) is 7.90. The van der Waals surface area contributed by atoms with Gasteiger partial charge in [0.15, 0.2) is 0 Å². The molecule has 0 amide bonds. The van der Waals surface area contributed by atoms with Gasteiger partial charge in [0.25, 0.3) is 0 Å². The molecular weight excluding hydrogens is 288 g/mol. The second-order valence-corrected chi connectivity index (χ2v) is 6.43. The van der Waals surface area contributed by atoms with E-state index in [0.717, 1.165) is 11.1 Å². The van der Waals surface area contributed by atoms with Gasteiger partial charge in [0.2, 0.25) is 0 Å². The molecule has 0 atom stereocenters. The van der Waals surface area contributed by atoms with Crippen LogP contribution in [0.3, 0.4) is 0 Å². The lowest BCUT2D eigenvalue weighted by atomic mass is 10.1. The minimum Gasteiger partial charge on any atom is -0.497 e. The normalized spacial score (nSPS) is 11.2. The van der Waals surface area contributed by atoms with Crippen LogP contribution in [0.1, 0.15) is 16.7 Å². The van der Waals surface area contributed by atoms with Crippen LogP contribution in [0.25, 0.3) is 0 Å². The molecule has 0 spiro atoms. The molecule has 0 aliphatic rings. The Morgan fingerprint density at radius 1 is 0.810 bits per heavy atom. The fourth-order valence-electron chi connectivity index (χ4n) is 2.01.